The maximum atomic E-state index is 8.46. The van der Waals surface area contributed by atoms with E-state index in [-0.39, 0.29) is 21.5 Å². The summed E-state index contributed by atoms with van der Waals surface area (Å²) >= 11 is 1.36. The Morgan fingerprint density at radius 2 is 2.07 bits per heavy atom. The summed E-state index contributed by atoms with van der Waals surface area (Å²) in [6.45, 7) is 1.94. The number of nitrogens with one attached hydrogen (secondary N) is 1. The summed E-state index contributed by atoms with van der Waals surface area (Å²) in [5, 5.41) is 11.4. The lowest BCUT2D eigenvalue weighted by Crippen LogP contribution is -1.97. The topological polar surface area (TPSA) is 98.8 Å². The summed E-state index contributed by atoms with van der Waals surface area (Å²) in [4.78, 5) is 7.62. The van der Waals surface area contributed by atoms with Crippen molar-refractivity contribution in [3.8, 4) is 22.2 Å². The zero-order chi connectivity index (χ0) is 27.1. The van der Waals surface area contributed by atoms with Crippen LogP contribution < -0.4 is 15.8 Å². The number of nitrogens with two attached hydrogens (primary N) is 1. The molecule has 0 radical (unpaired) electrons. The third-order valence-electron chi connectivity index (χ3n) is 3.45. The average molecular weight is 431 g/mol. The highest BCUT2D eigenvalue weighted by Crippen LogP contribution is 2.31. The van der Waals surface area contributed by atoms with Crippen molar-refractivity contribution in [3.05, 3.63) is 60.0 Å². The van der Waals surface area contributed by atoms with Crippen LogP contribution >= 0.6 is 23.1 Å². The minimum absolute atomic E-state index is 0.0795. The fourth-order valence-corrected chi connectivity index (χ4v) is 3.24. The van der Waals surface area contributed by atoms with Gasteiger partial charge in [0.2, 0.25) is 11.0 Å². The van der Waals surface area contributed by atoms with Gasteiger partial charge in [0.05, 0.1) is 6.85 Å². The lowest BCUT2D eigenvalue weighted by atomic mass is 10.2. The maximum absolute atomic E-state index is 8.46. The number of nitrogen functional groups attached to an aromatic ring is 1. The van der Waals surface area contributed by atoms with Crippen LogP contribution in [0.15, 0.2) is 59.6 Å². The lowest BCUT2D eigenvalue weighted by Gasteiger charge is -2.07. The molecule has 3 N–H and O–H groups in total. The average Bonchev–Trinajstić information content (AvgIpc) is 3.25. The zero-order valence-corrected chi connectivity index (χ0v) is 16.5. The Morgan fingerprint density at radius 1 is 1.21 bits per heavy atom. The first kappa shape index (κ1) is 11.7. The van der Waals surface area contributed by atoms with E-state index in [2.05, 4.69) is 25.5 Å². The van der Waals surface area contributed by atoms with E-state index in [1.165, 1.54) is 0 Å². The lowest BCUT2D eigenvalue weighted by molar-refractivity contribution is 0.456. The normalized spacial score (nSPS) is 15.1. The molecule has 7 nitrogen and oxygen atoms in total. The molecule has 4 aromatic rings. The third kappa shape index (κ3) is 4.82. The number of hydrogen-bond donors (Lipinski definition) is 2. The molecule has 0 amide bonds. The number of nitrogens with zero attached hydrogens (tertiary/aromatic N) is 4. The van der Waals surface area contributed by atoms with Gasteiger partial charge in [-0.15, -0.1) is 10.2 Å². The van der Waals surface area contributed by atoms with Gasteiger partial charge in [-0.3, -0.25) is 0 Å². The molecule has 0 aliphatic carbocycles. The molecule has 0 fully saturated rings. The van der Waals surface area contributed by atoms with Gasteiger partial charge in [-0.2, -0.15) is 4.98 Å². The van der Waals surface area contributed by atoms with Crippen LogP contribution in [-0.4, -0.2) is 26.3 Å². The Morgan fingerprint density at radius 3 is 2.86 bits per heavy atom. The molecular formula is C20H18N6OS2. The van der Waals surface area contributed by atoms with Crippen LogP contribution in [0.3, 0.4) is 0 Å². The molecule has 2 aromatic heterocycles. The first-order valence-electron chi connectivity index (χ1n) is 12.1. The van der Waals surface area contributed by atoms with Crippen LogP contribution in [0.5, 0.6) is 11.6 Å². The Kier molecular flexibility index (Phi) is 3.42. The van der Waals surface area contributed by atoms with Gasteiger partial charge in [0.1, 0.15) is 16.6 Å². The van der Waals surface area contributed by atoms with E-state index in [0.717, 1.165) is 22.6 Å². The second kappa shape index (κ2) is 8.46. The second-order valence-electron chi connectivity index (χ2n) is 5.64. The van der Waals surface area contributed by atoms with Crippen molar-refractivity contribution < 1.29 is 15.7 Å². The highest BCUT2D eigenvalue weighted by molar-refractivity contribution is 7.98. The van der Waals surface area contributed by atoms with E-state index in [9.17, 15) is 0 Å². The number of aromatic nitrogens is 4. The molecule has 0 saturated carbocycles. The molecule has 2 heterocycles. The van der Waals surface area contributed by atoms with Crippen LogP contribution in [0.1, 0.15) is 16.5 Å². The fraction of sp³-hybridized carbons (Fsp3) is 0.100. The Balaban J connectivity index is 1.70. The molecular weight excluding hydrogens is 404 g/mol. The van der Waals surface area contributed by atoms with Crippen molar-refractivity contribution in [1.29, 1.82) is 0 Å². The molecule has 0 atom stereocenters. The van der Waals surface area contributed by atoms with Crippen molar-refractivity contribution in [2.24, 2.45) is 0 Å². The monoisotopic (exact) mass is 430 g/mol. The highest BCUT2D eigenvalue weighted by Gasteiger charge is 2.09. The van der Waals surface area contributed by atoms with E-state index in [4.69, 9.17) is 21.4 Å². The fourth-order valence-electron chi connectivity index (χ4n) is 2.25. The molecule has 0 unspecified atom stereocenters. The molecule has 0 aliphatic heterocycles. The molecule has 29 heavy (non-hydrogen) atoms. The standard InChI is InChI=1S/C20H18N6OS2/c1-12-4-3-5-14(10-12)22-20-26-25-18(29-20)13-6-8-15(9-7-13)27-17-11-16(21)23-19(24-17)28-2/h3-11H,1-2H3,(H,22,26)(H2,21,23,24)/i2D3,6D,7D,8D,9D,11D. The number of anilines is 3. The van der Waals surface area contributed by atoms with Crippen molar-refractivity contribution in [3.63, 3.8) is 0 Å². The summed E-state index contributed by atoms with van der Waals surface area (Å²) in [5.41, 5.74) is 7.43. The van der Waals surface area contributed by atoms with Gasteiger partial charge in [-0.1, -0.05) is 35.2 Å². The van der Waals surface area contributed by atoms with Gasteiger partial charge in [-0.25, -0.2) is 4.98 Å². The molecule has 0 bridgehead atoms. The number of ether oxygens (including phenoxy) is 1. The molecule has 0 aliphatic rings. The summed E-state index contributed by atoms with van der Waals surface area (Å²) in [7, 11) is 0. The van der Waals surface area contributed by atoms with Gasteiger partial charge in [-0.05, 0) is 55.0 Å². The SMILES string of the molecule is [2H]c1c(N)nc(SC([2H])([2H])[2H])nc1Oc1c([2H])c([2H])c(-c2nnc(Nc3cccc(C)c3)s2)c([2H])c1[2H]. The quantitative estimate of drug-likeness (QED) is 0.320. The van der Waals surface area contributed by atoms with Crippen LogP contribution in [0.2, 0.25) is 0 Å². The Hall–Kier alpha value is -3.17. The van der Waals surface area contributed by atoms with Gasteiger partial charge < -0.3 is 15.8 Å². The van der Waals surface area contributed by atoms with Gasteiger partial charge in [0, 0.05) is 21.4 Å². The molecule has 4 rings (SSSR count). The number of rotatable bonds is 6. The first-order chi connectivity index (χ1) is 17.3. The molecule has 146 valence electrons. The molecule has 0 spiro atoms. The van der Waals surface area contributed by atoms with E-state index in [0.29, 0.717) is 16.9 Å². The number of thioether (sulfide) groups is 1. The predicted octanol–water partition coefficient (Wildman–Crippen LogP) is 5.14. The molecule has 2 aromatic carbocycles. The largest absolute Gasteiger partial charge is 0.439 e. The van der Waals surface area contributed by atoms with Crippen LogP contribution in [-0.2, 0) is 0 Å². The Bertz CT molecular complexity index is 1470. The first-order valence-corrected chi connectivity index (χ1v) is 9.76. The van der Waals surface area contributed by atoms with E-state index in [1.807, 2.05) is 31.2 Å². The highest BCUT2D eigenvalue weighted by atomic mass is 32.2. The zero-order valence-electron chi connectivity index (χ0n) is 22.9. The summed E-state index contributed by atoms with van der Waals surface area (Å²) in [6.07, 6.45) is -2.49. The van der Waals surface area contributed by atoms with Crippen LogP contribution in [0.4, 0.5) is 16.6 Å². The van der Waals surface area contributed by atoms with Crippen molar-refractivity contribution in [1.82, 2.24) is 20.2 Å². The van der Waals surface area contributed by atoms with E-state index < -0.39 is 48.0 Å². The van der Waals surface area contributed by atoms with E-state index >= 15 is 0 Å². The molecule has 9 heteroatoms. The summed E-state index contributed by atoms with van der Waals surface area (Å²) in [6, 6.07) is 5.08. The van der Waals surface area contributed by atoms with Crippen molar-refractivity contribution in [2.75, 3.05) is 17.2 Å². The van der Waals surface area contributed by atoms with E-state index in [1.54, 1.807) is 0 Å². The minimum Gasteiger partial charge on any atom is -0.439 e. The minimum atomic E-state index is -2.49. The second-order valence-corrected chi connectivity index (χ2v) is 7.18. The third-order valence-corrected chi connectivity index (χ3v) is 4.67. The summed E-state index contributed by atoms with van der Waals surface area (Å²) in [5.74, 6) is -1.39. The van der Waals surface area contributed by atoms with Crippen molar-refractivity contribution >= 4 is 39.7 Å². The van der Waals surface area contributed by atoms with Gasteiger partial charge in [0.15, 0.2) is 5.16 Å². The van der Waals surface area contributed by atoms with Gasteiger partial charge >= 0.3 is 0 Å². The molecule has 0 saturated heterocycles. The van der Waals surface area contributed by atoms with Crippen LogP contribution in [0, 0.1) is 6.92 Å². The van der Waals surface area contributed by atoms with Crippen LogP contribution in [0.25, 0.3) is 10.6 Å². The number of aryl methyl sites for hydroxylation is 1. The summed E-state index contributed by atoms with van der Waals surface area (Å²) < 4.78 is 69.3. The predicted molar refractivity (Wildman–Crippen MR) is 118 cm³/mol. The smallest absolute Gasteiger partial charge is 0.225 e. The maximum Gasteiger partial charge on any atom is 0.225 e. The van der Waals surface area contributed by atoms with Gasteiger partial charge in [0.25, 0.3) is 0 Å². The number of benzene rings is 2. The number of hydrogen-bond acceptors (Lipinski definition) is 9. The van der Waals surface area contributed by atoms with Crippen molar-refractivity contribution in [2.45, 2.75) is 12.1 Å². The Labute approximate surface area is 187 Å².